The average molecular weight is 269 g/mol. The van der Waals surface area contributed by atoms with Gasteiger partial charge in [0.2, 0.25) is 0 Å². The molecule has 0 spiro atoms. The van der Waals surface area contributed by atoms with Gasteiger partial charge < -0.3 is 10.5 Å². The van der Waals surface area contributed by atoms with Gasteiger partial charge in [-0.15, -0.1) is 0 Å². The highest BCUT2D eigenvalue weighted by molar-refractivity contribution is 5.39. The Morgan fingerprint density at radius 2 is 1.70 bits per heavy atom. The number of ether oxygens (including phenoxy) is 1. The minimum atomic E-state index is -0.0210. The SMILES string of the molecule is CCc1ccc(COc2ccc(C)cc2[C@H](C)N)cc1. The second-order valence-corrected chi connectivity index (χ2v) is 5.29. The van der Waals surface area contributed by atoms with Crippen molar-refractivity contribution < 1.29 is 4.74 Å². The second-order valence-electron chi connectivity index (χ2n) is 5.29. The van der Waals surface area contributed by atoms with Crippen LogP contribution in [-0.4, -0.2) is 0 Å². The minimum absolute atomic E-state index is 0.0210. The quantitative estimate of drug-likeness (QED) is 0.884. The van der Waals surface area contributed by atoms with Crippen LogP contribution in [0, 0.1) is 6.92 Å². The third-order valence-electron chi connectivity index (χ3n) is 3.48. The molecule has 0 bridgehead atoms. The van der Waals surface area contributed by atoms with Crippen LogP contribution >= 0.6 is 0 Å². The zero-order chi connectivity index (χ0) is 14.5. The lowest BCUT2D eigenvalue weighted by Crippen LogP contribution is -2.08. The first-order valence-corrected chi connectivity index (χ1v) is 7.17. The highest BCUT2D eigenvalue weighted by atomic mass is 16.5. The van der Waals surface area contributed by atoms with Crippen molar-refractivity contribution in [1.29, 1.82) is 0 Å². The molecule has 2 aromatic rings. The van der Waals surface area contributed by atoms with E-state index in [9.17, 15) is 0 Å². The maximum atomic E-state index is 6.01. The maximum absolute atomic E-state index is 6.01. The first kappa shape index (κ1) is 14.6. The molecule has 2 heteroatoms. The summed E-state index contributed by atoms with van der Waals surface area (Å²) in [6.45, 7) is 6.79. The van der Waals surface area contributed by atoms with E-state index in [0.29, 0.717) is 6.61 Å². The molecule has 0 aliphatic heterocycles. The molecule has 2 N–H and O–H groups in total. The number of benzene rings is 2. The monoisotopic (exact) mass is 269 g/mol. The molecule has 0 saturated heterocycles. The van der Waals surface area contributed by atoms with Crippen molar-refractivity contribution >= 4 is 0 Å². The predicted molar refractivity (Wildman–Crippen MR) is 83.9 cm³/mol. The van der Waals surface area contributed by atoms with Crippen molar-refractivity contribution in [2.75, 3.05) is 0 Å². The van der Waals surface area contributed by atoms with Gasteiger partial charge in [0.1, 0.15) is 12.4 Å². The Kier molecular flexibility index (Phi) is 4.80. The Bertz CT molecular complexity index is 558. The van der Waals surface area contributed by atoms with Crippen LogP contribution in [0.1, 0.15) is 42.1 Å². The van der Waals surface area contributed by atoms with Crippen molar-refractivity contribution in [3.63, 3.8) is 0 Å². The van der Waals surface area contributed by atoms with Gasteiger partial charge in [-0.05, 0) is 37.5 Å². The van der Waals surface area contributed by atoms with Gasteiger partial charge in [-0.25, -0.2) is 0 Å². The van der Waals surface area contributed by atoms with Crippen LogP contribution < -0.4 is 10.5 Å². The number of rotatable bonds is 5. The fourth-order valence-electron chi connectivity index (χ4n) is 2.19. The van der Waals surface area contributed by atoms with E-state index in [0.717, 1.165) is 17.7 Å². The van der Waals surface area contributed by atoms with Crippen molar-refractivity contribution in [3.8, 4) is 5.75 Å². The molecule has 0 aliphatic carbocycles. The van der Waals surface area contributed by atoms with Gasteiger partial charge in [-0.1, -0.05) is 48.9 Å². The Hall–Kier alpha value is -1.80. The van der Waals surface area contributed by atoms with Crippen LogP contribution in [-0.2, 0) is 13.0 Å². The molecule has 2 rings (SSSR count). The Balaban J connectivity index is 2.10. The van der Waals surface area contributed by atoms with Gasteiger partial charge in [0, 0.05) is 11.6 Å². The van der Waals surface area contributed by atoms with Gasteiger partial charge >= 0.3 is 0 Å². The minimum Gasteiger partial charge on any atom is -0.489 e. The second kappa shape index (κ2) is 6.58. The summed E-state index contributed by atoms with van der Waals surface area (Å²) < 4.78 is 5.93. The van der Waals surface area contributed by atoms with E-state index in [4.69, 9.17) is 10.5 Å². The summed E-state index contributed by atoms with van der Waals surface area (Å²) in [7, 11) is 0. The number of hydrogen-bond donors (Lipinski definition) is 1. The lowest BCUT2D eigenvalue weighted by atomic mass is 10.1. The molecule has 0 fully saturated rings. The smallest absolute Gasteiger partial charge is 0.124 e. The van der Waals surface area contributed by atoms with Crippen molar-refractivity contribution in [3.05, 3.63) is 64.7 Å². The molecule has 0 unspecified atom stereocenters. The molecule has 0 radical (unpaired) electrons. The van der Waals surface area contributed by atoms with Crippen LogP contribution in [0.15, 0.2) is 42.5 Å². The molecule has 0 amide bonds. The van der Waals surface area contributed by atoms with Crippen molar-refractivity contribution in [2.24, 2.45) is 5.73 Å². The van der Waals surface area contributed by atoms with Gasteiger partial charge in [0.05, 0.1) is 0 Å². The van der Waals surface area contributed by atoms with Gasteiger partial charge in [-0.3, -0.25) is 0 Å². The average Bonchev–Trinajstić information content (AvgIpc) is 2.46. The molecular weight excluding hydrogens is 246 g/mol. The molecule has 106 valence electrons. The number of nitrogens with two attached hydrogens (primary N) is 1. The molecule has 2 nitrogen and oxygen atoms in total. The predicted octanol–water partition coefficient (Wildman–Crippen LogP) is 4.16. The topological polar surface area (TPSA) is 35.2 Å². The van der Waals surface area contributed by atoms with Crippen LogP contribution in [0.25, 0.3) is 0 Å². The van der Waals surface area contributed by atoms with Crippen molar-refractivity contribution in [1.82, 2.24) is 0 Å². The van der Waals surface area contributed by atoms with Crippen LogP contribution in [0.4, 0.5) is 0 Å². The Labute approximate surface area is 121 Å². The molecular formula is C18H23NO. The fraction of sp³-hybridized carbons (Fsp3) is 0.333. The summed E-state index contributed by atoms with van der Waals surface area (Å²) in [5.74, 6) is 0.880. The number of aryl methyl sites for hydroxylation is 2. The largest absolute Gasteiger partial charge is 0.489 e. The zero-order valence-electron chi connectivity index (χ0n) is 12.5. The summed E-state index contributed by atoms with van der Waals surface area (Å²) in [5.41, 5.74) is 10.8. The van der Waals surface area contributed by atoms with Crippen LogP contribution in [0.5, 0.6) is 5.75 Å². The maximum Gasteiger partial charge on any atom is 0.124 e. The first-order valence-electron chi connectivity index (χ1n) is 7.17. The molecule has 0 aliphatic rings. The molecule has 0 saturated carbocycles. The van der Waals surface area contributed by atoms with E-state index in [1.54, 1.807) is 0 Å². The third kappa shape index (κ3) is 3.61. The van der Waals surface area contributed by atoms with E-state index < -0.39 is 0 Å². The van der Waals surface area contributed by atoms with E-state index in [1.807, 2.05) is 13.0 Å². The zero-order valence-corrected chi connectivity index (χ0v) is 12.5. The van der Waals surface area contributed by atoms with E-state index in [1.165, 1.54) is 16.7 Å². The third-order valence-corrected chi connectivity index (χ3v) is 3.48. The molecule has 1 atom stereocenters. The van der Waals surface area contributed by atoms with Crippen LogP contribution in [0.3, 0.4) is 0 Å². The van der Waals surface area contributed by atoms with E-state index in [-0.39, 0.29) is 6.04 Å². The lowest BCUT2D eigenvalue weighted by molar-refractivity contribution is 0.301. The Morgan fingerprint density at radius 3 is 2.30 bits per heavy atom. The normalized spacial score (nSPS) is 12.2. The highest BCUT2D eigenvalue weighted by Gasteiger charge is 2.08. The fourth-order valence-corrected chi connectivity index (χ4v) is 2.19. The molecule has 0 aromatic heterocycles. The van der Waals surface area contributed by atoms with Gasteiger partial charge in [0.15, 0.2) is 0 Å². The van der Waals surface area contributed by atoms with Crippen molar-refractivity contribution in [2.45, 2.75) is 39.8 Å². The van der Waals surface area contributed by atoms with E-state index in [2.05, 4.69) is 50.2 Å². The summed E-state index contributed by atoms with van der Waals surface area (Å²) in [4.78, 5) is 0. The molecule has 2 aromatic carbocycles. The van der Waals surface area contributed by atoms with Gasteiger partial charge in [0.25, 0.3) is 0 Å². The van der Waals surface area contributed by atoms with Gasteiger partial charge in [-0.2, -0.15) is 0 Å². The Morgan fingerprint density at radius 1 is 1.05 bits per heavy atom. The number of hydrogen-bond acceptors (Lipinski definition) is 2. The molecule has 0 heterocycles. The summed E-state index contributed by atoms with van der Waals surface area (Å²) in [6.07, 6.45) is 1.06. The summed E-state index contributed by atoms with van der Waals surface area (Å²) >= 11 is 0. The summed E-state index contributed by atoms with van der Waals surface area (Å²) in [6, 6.07) is 14.7. The van der Waals surface area contributed by atoms with E-state index >= 15 is 0 Å². The highest BCUT2D eigenvalue weighted by Crippen LogP contribution is 2.25. The summed E-state index contributed by atoms with van der Waals surface area (Å²) in [5, 5.41) is 0. The first-order chi connectivity index (χ1) is 9.60. The molecule has 20 heavy (non-hydrogen) atoms. The lowest BCUT2D eigenvalue weighted by Gasteiger charge is -2.15. The van der Waals surface area contributed by atoms with Crippen LogP contribution in [0.2, 0.25) is 0 Å². The standard InChI is InChI=1S/C18H23NO/c1-4-15-6-8-16(9-7-15)12-20-18-10-5-13(2)11-17(18)14(3)19/h5-11,14H,4,12,19H2,1-3H3/t14-/m0/s1.